The van der Waals surface area contributed by atoms with Crippen LogP contribution < -0.4 is 10.5 Å². The van der Waals surface area contributed by atoms with Crippen LogP contribution in [0, 0.1) is 6.92 Å². The Labute approximate surface area is 166 Å². The molecule has 27 heavy (non-hydrogen) atoms. The quantitative estimate of drug-likeness (QED) is 0.659. The third kappa shape index (κ3) is 4.72. The molecule has 0 saturated carbocycles. The molecule has 0 radical (unpaired) electrons. The Hall–Kier alpha value is -2.26. The van der Waals surface area contributed by atoms with Gasteiger partial charge in [0.2, 0.25) is 10.0 Å². The van der Waals surface area contributed by atoms with Gasteiger partial charge >= 0.3 is 0 Å². The lowest BCUT2D eigenvalue weighted by Gasteiger charge is -2.05. The second-order valence-electron chi connectivity index (χ2n) is 5.81. The predicted molar refractivity (Wildman–Crippen MR) is 106 cm³/mol. The highest BCUT2D eigenvalue weighted by Gasteiger charge is 2.16. The molecule has 0 bridgehead atoms. The van der Waals surface area contributed by atoms with Crippen LogP contribution in [0.2, 0.25) is 5.02 Å². The first kappa shape index (κ1) is 19.5. The van der Waals surface area contributed by atoms with Crippen molar-refractivity contribution in [2.45, 2.75) is 18.4 Å². The molecule has 1 heterocycles. The molecule has 6 nitrogen and oxygen atoms in total. The minimum absolute atomic E-state index is 0.0310. The lowest BCUT2D eigenvalue weighted by molar-refractivity contribution is 0.0954. The van der Waals surface area contributed by atoms with Crippen LogP contribution in [0.25, 0.3) is 10.6 Å². The van der Waals surface area contributed by atoms with Crippen LogP contribution in [0.3, 0.4) is 0 Å². The molecule has 0 aliphatic carbocycles. The zero-order valence-corrected chi connectivity index (χ0v) is 16.7. The molecule has 0 unspecified atom stereocenters. The third-order valence-electron chi connectivity index (χ3n) is 3.80. The van der Waals surface area contributed by atoms with Crippen LogP contribution in [0.1, 0.15) is 20.9 Å². The molecule has 0 spiro atoms. The standard InChI is InChI=1S/C18H16ClN3O3S2/c1-11-16(26-18(22-11)13-4-6-14(19)7-5-13)17(23)21-10-12-2-8-15(9-3-12)27(20,24)25/h2-9H,10H2,1H3,(H,21,23)(H2,20,24,25). The normalized spacial score (nSPS) is 11.4. The minimum atomic E-state index is -3.73. The van der Waals surface area contributed by atoms with Crippen LogP contribution >= 0.6 is 22.9 Å². The predicted octanol–water partition coefficient (Wildman–Crippen LogP) is 3.35. The molecule has 0 fully saturated rings. The first-order valence-corrected chi connectivity index (χ1v) is 10.6. The van der Waals surface area contributed by atoms with Gasteiger partial charge in [-0.2, -0.15) is 0 Å². The van der Waals surface area contributed by atoms with Crippen LogP contribution in [0.15, 0.2) is 53.4 Å². The molecule has 1 aromatic heterocycles. The van der Waals surface area contributed by atoms with Gasteiger partial charge in [-0.25, -0.2) is 18.5 Å². The second-order valence-corrected chi connectivity index (χ2v) is 8.81. The SMILES string of the molecule is Cc1nc(-c2ccc(Cl)cc2)sc1C(=O)NCc1ccc(S(N)(=O)=O)cc1. The summed E-state index contributed by atoms with van der Waals surface area (Å²) >= 11 is 7.20. The fraction of sp³-hybridized carbons (Fsp3) is 0.111. The second kappa shape index (κ2) is 7.77. The highest BCUT2D eigenvalue weighted by Crippen LogP contribution is 2.28. The zero-order valence-electron chi connectivity index (χ0n) is 14.3. The van der Waals surface area contributed by atoms with Crippen molar-refractivity contribution < 1.29 is 13.2 Å². The third-order valence-corrected chi connectivity index (χ3v) is 6.19. The summed E-state index contributed by atoms with van der Waals surface area (Å²) in [6.07, 6.45) is 0. The number of aromatic nitrogens is 1. The Morgan fingerprint density at radius 2 is 1.78 bits per heavy atom. The molecule has 0 aliphatic heterocycles. The van der Waals surface area contributed by atoms with E-state index < -0.39 is 10.0 Å². The number of rotatable bonds is 5. The maximum atomic E-state index is 12.5. The summed E-state index contributed by atoms with van der Waals surface area (Å²) in [5.74, 6) is -0.235. The summed E-state index contributed by atoms with van der Waals surface area (Å²) in [4.78, 5) is 17.5. The summed E-state index contributed by atoms with van der Waals surface area (Å²) in [5, 5.41) is 9.27. The van der Waals surface area contributed by atoms with E-state index in [1.165, 1.54) is 23.5 Å². The summed E-state index contributed by atoms with van der Waals surface area (Å²) in [6, 6.07) is 13.3. The fourth-order valence-corrected chi connectivity index (χ4v) is 4.01. The summed E-state index contributed by atoms with van der Waals surface area (Å²) in [5.41, 5.74) is 2.30. The number of amides is 1. The van der Waals surface area contributed by atoms with E-state index in [-0.39, 0.29) is 17.3 Å². The van der Waals surface area contributed by atoms with E-state index in [4.69, 9.17) is 16.7 Å². The van der Waals surface area contributed by atoms with Crippen molar-refractivity contribution in [1.29, 1.82) is 0 Å². The Kier molecular flexibility index (Phi) is 5.61. The van der Waals surface area contributed by atoms with Crippen molar-refractivity contribution in [3.05, 3.63) is 69.7 Å². The van der Waals surface area contributed by atoms with Crippen molar-refractivity contribution >= 4 is 38.9 Å². The maximum Gasteiger partial charge on any atom is 0.263 e. The molecule has 1 amide bonds. The fourth-order valence-electron chi connectivity index (χ4n) is 2.38. The Morgan fingerprint density at radius 3 is 2.37 bits per heavy atom. The van der Waals surface area contributed by atoms with Crippen LogP contribution in [0.4, 0.5) is 0 Å². The summed E-state index contributed by atoms with van der Waals surface area (Å²) in [7, 11) is -3.73. The van der Waals surface area contributed by atoms with E-state index >= 15 is 0 Å². The van der Waals surface area contributed by atoms with Crippen molar-refractivity contribution in [1.82, 2.24) is 10.3 Å². The highest BCUT2D eigenvalue weighted by molar-refractivity contribution is 7.89. The molecule has 2 aromatic carbocycles. The van der Waals surface area contributed by atoms with Gasteiger partial charge in [0, 0.05) is 17.1 Å². The van der Waals surface area contributed by atoms with E-state index in [1.54, 1.807) is 31.2 Å². The summed E-state index contributed by atoms with van der Waals surface area (Å²) in [6.45, 7) is 2.04. The van der Waals surface area contributed by atoms with E-state index in [9.17, 15) is 13.2 Å². The molecule has 9 heteroatoms. The number of sulfonamides is 1. The number of thiazole rings is 1. The molecular formula is C18H16ClN3O3S2. The number of aryl methyl sites for hydroxylation is 1. The van der Waals surface area contributed by atoms with Crippen LogP contribution in [0.5, 0.6) is 0 Å². The lowest BCUT2D eigenvalue weighted by Crippen LogP contribution is -2.22. The van der Waals surface area contributed by atoms with Crippen LogP contribution in [-0.2, 0) is 16.6 Å². The van der Waals surface area contributed by atoms with Gasteiger partial charge in [0.05, 0.1) is 10.6 Å². The Morgan fingerprint density at radius 1 is 1.15 bits per heavy atom. The van der Waals surface area contributed by atoms with Gasteiger partial charge in [0.15, 0.2) is 0 Å². The monoisotopic (exact) mass is 421 g/mol. The topological polar surface area (TPSA) is 102 Å². The molecule has 140 valence electrons. The molecule has 3 aromatic rings. The number of carbonyl (C=O) groups excluding carboxylic acids is 1. The number of carbonyl (C=O) groups is 1. The average Bonchev–Trinajstić information content (AvgIpc) is 3.02. The van der Waals surface area contributed by atoms with Crippen molar-refractivity contribution in [2.24, 2.45) is 5.14 Å². The highest BCUT2D eigenvalue weighted by atomic mass is 35.5. The minimum Gasteiger partial charge on any atom is -0.347 e. The van der Waals surface area contributed by atoms with Gasteiger partial charge in [-0.3, -0.25) is 4.79 Å². The number of hydrogen-bond donors (Lipinski definition) is 2. The van der Waals surface area contributed by atoms with Gasteiger partial charge < -0.3 is 5.32 Å². The maximum absolute atomic E-state index is 12.5. The summed E-state index contributed by atoms with van der Waals surface area (Å²) < 4.78 is 22.5. The number of nitrogens with two attached hydrogens (primary N) is 1. The van der Waals surface area contributed by atoms with Gasteiger partial charge in [0.25, 0.3) is 5.91 Å². The average molecular weight is 422 g/mol. The van der Waals surface area contributed by atoms with E-state index in [0.29, 0.717) is 15.6 Å². The zero-order chi connectivity index (χ0) is 19.6. The smallest absolute Gasteiger partial charge is 0.263 e. The van der Waals surface area contributed by atoms with E-state index in [0.717, 1.165) is 16.1 Å². The van der Waals surface area contributed by atoms with Crippen molar-refractivity contribution in [2.75, 3.05) is 0 Å². The molecule has 3 rings (SSSR count). The van der Waals surface area contributed by atoms with Gasteiger partial charge in [-0.1, -0.05) is 35.9 Å². The van der Waals surface area contributed by atoms with Crippen LogP contribution in [-0.4, -0.2) is 19.3 Å². The lowest BCUT2D eigenvalue weighted by atomic mass is 10.2. The molecular weight excluding hydrogens is 406 g/mol. The van der Waals surface area contributed by atoms with Crippen molar-refractivity contribution in [3.63, 3.8) is 0 Å². The largest absolute Gasteiger partial charge is 0.347 e. The number of nitrogens with zero attached hydrogens (tertiary/aromatic N) is 1. The van der Waals surface area contributed by atoms with E-state index in [2.05, 4.69) is 10.3 Å². The number of hydrogen-bond acceptors (Lipinski definition) is 5. The number of primary sulfonamides is 1. The number of halogens is 1. The number of benzene rings is 2. The first-order valence-electron chi connectivity index (χ1n) is 7.87. The number of nitrogens with one attached hydrogen (secondary N) is 1. The van der Waals surface area contributed by atoms with Crippen molar-refractivity contribution in [3.8, 4) is 10.6 Å². The molecule has 0 saturated heterocycles. The molecule has 0 atom stereocenters. The van der Waals surface area contributed by atoms with E-state index in [1.807, 2.05) is 12.1 Å². The Bertz CT molecular complexity index is 1080. The Balaban J connectivity index is 1.70. The van der Waals surface area contributed by atoms with Gasteiger partial charge in [-0.15, -0.1) is 11.3 Å². The van der Waals surface area contributed by atoms with Gasteiger partial charge in [-0.05, 0) is 36.8 Å². The molecule has 3 N–H and O–H groups in total. The van der Waals surface area contributed by atoms with Gasteiger partial charge in [0.1, 0.15) is 9.88 Å². The molecule has 0 aliphatic rings. The first-order chi connectivity index (χ1) is 12.7.